The zero-order valence-corrected chi connectivity index (χ0v) is 17.0. The van der Waals surface area contributed by atoms with Crippen LogP contribution in [0.3, 0.4) is 0 Å². The first-order valence-corrected chi connectivity index (χ1v) is 10.1. The Morgan fingerprint density at radius 1 is 1.14 bits per heavy atom. The van der Waals surface area contributed by atoms with Crippen LogP contribution in [0.4, 0.5) is 5.69 Å². The van der Waals surface area contributed by atoms with Crippen LogP contribution in [-0.2, 0) is 23.1 Å². The number of amides is 2. The van der Waals surface area contributed by atoms with Gasteiger partial charge in [-0.3, -0.25) is 19.2 Å². The summed E-state index contributed by atoms with van der Waals surface area (Å²) in [6.07, 6.45) is 4.51. The molecule has 1 fully saturated rings. The number of nitrogens with one attached hydrogen (secondary N) is 1. The van der Waals surface area contributed by atoms with Gasteiger partial charge in [-0.15, -0.1) is 0 Å². The number of hydrogen-bond acceptors (Lipinski definition) is 5. The Hall–Kier alpha value is -2.71. The Kier molecular flexibility index (Phi) is 5.64. The highest BCUT2D eigenvalue weighted by Gasteiger charge is 2.30. The normalized spacial score (nSPS) is 18.0. The van der Waals surface area contributed by atoms with Gasteiger partial charge in [0.15, 0.2) is 0 Å². The first-order valence-electron chi connectivity index (χ1n) is 10.1. The molecule has 0 aliphatic carbocycles. The summed E-state index contributed by atoms with van der Waals surface area (Å²) >= 11 is 0. The van der Waals surface area contributed by atoms with Crippen molar-refractivity contribution in [1.29, 1.82) is 0 Å². The number of para-hydroxylation sites is 1. The third-order valence-corrected chi connectivity index (χ3v) is 5.82. The van der Waals surface area contributed by atoms with Crippen LogP contribution in [0.1, 0.15) is 17.2 Å². The van der Waals surface area contributed by atoms with Crippen molar-refractivity contribution in [2.75, 3.05) is 51.2 Å². The molecule has 29 heavy (non-hydrogen) atoms. The van der Waals surface area contributed by atoms with Crippen LogP contribution in [0, 0.1) is 0 Å². The lowest BCUT2D eigenvalue weighted by Gasteiger charge is -2.36. The zero-order chi connectivity index (χ0) is 20.4. The molecule has 154 valence electrons. The maximum absolute atomic E-state index is 12.9. The summed E-state index contributed by atoms with van der Waals surface area (Å²) in [5, 5.41) is 7.27. The van der Waals surface area contributed by atoms with Gasteiger partial charge in [-0.05, 0) is 25.1 Å². The SMILES string of the molecule is CNC(C(=O)N1CCN(CC(=O)N2CCc3ccccc32)CC1)c1cnn(C)c1. The molecule has 2 aliphatic rings. The Balaban J connectivity index is 1.31. The highest BCUT2D eigenvalue weighted by atomic mass is 16.2. The number of rotatable bonds is 5. The molecule has 1 N–H and O–H groups in total. The Morgan fingerprint density at radius 2 is 1.90 bits per heavy atom. The molecule has 0 saturated carbocycles. The van der Waals surface area contributed by atoms with Gasteiger partial charge < -0.3 is 15.1 Å². The van der Waals surface area contributed by atoms with E-state index in [1.165, 1.54) is 5.56 Å². The van der Waals surface area contributed by atoms with Crippen molar-refractivity contribution in [3.63, 3.8) is 0 Å². The molecule has 4 rings (SSSR count). The van der Waals surface area contributed by atoms with Crippen LogP contribution < -0.4 is 10.2 Å². The van der Waals surface area contributed by atoms with E-state index in [-0.39, 0.29) is 11.8 Å². The predicted octanol–water partition coefficient (Wildman–Crippen LogP) is 0.414. The molecule has 0 bridgehead atoms. The standard InChI is InChI=1S/C21H28N6O2/c1-22-20(17-13-23-24(2)14-17)21(29)26-11-9-25(10-12-26)15-19(28)27-8-7-16-5-3-4-6-18(16)27/h3-6,13-14,20,22H,7-12,15H2,1-2H3. The second kappa shape index (κ2) is 8.34. The van der Waals surface area contributed by atoms with Gasteiger partial charge in [0.05, 0.1) is 12.7 Å². The number of fused-ring (bicyclic) bond motifs is 1. The number of piperazine rings is 1. The van der Waals surface area contributed by atoms with E-state index in [0.29, 0.717) is 32.7 Å². The van der Waals surface area contributed by atoms with Crippen LogP contribution in [0.15, 0.2) is 36.7 Å². The monoisotopic (exact) mass is 396 g/mol. The van der Waals surface area contributed by atoms with Crippen molar-refractivity contribution in [2.45, 2.75) is 12.5 Å². The lowest BCUT2D eigenvalue weighted by molar-refractivity contribution is -0.135. The summed E-state index contributed by atoms with van der Waals surface area (Å²) in [4.78, 5) is 31.7. The molecular formula is C21H28N6O2. The number of likely N-dealkylation sites (N-methyl/N-ethyl adjacent to an activating group) is 1. The van der Waals surface area contributed by atoms with Crippen molar-refractivity contribution < 1.29 is 9.59 Å². The number of aryl methyl sites for hydroxylation is 1. The Morgan fingerprint density at radius 3 is 2.59 bits per heavy atom. The largest absolute Gasteiger partial charge is 0.338 e. The predicted molar refractivity (Wildman–Crippen MR) is 111 cm³/mol. The van der Waals surface area contributed by atoms with E-state index in [9.17, 15) is 9.59 Å². The van der Waals surface area contributed by atoms with Gasteiger partial charge in [0.1, 0.15) is 6.04 Å². The third-order valence-electron chi connectivity index (χ3n) is 5.82. The molecule has 0 radical (unpaired) electrons. The minimum atomic E-state index is -0.391. The van der Waals surface area contributed by atoms with Gasteiger partial charge in [0, 0.05) is 57.2 Å². The van der Waals surface area contributed by atoms with Crippen molar-refractivity contribution in [2.24, 2.45) is 7.05 Å². The molecule has 1 aromatic carbocycles. The number of carbonyl (C=O) groups excluding carboxylic acids is 2. The molecule has 8 heteroatoms. The fourth-order valence-corrected chi connectivity index (χ4v) is 4.20. The first kappa shape index (κ1) is 19.6. The molecule has 1 unspecified atom stereocenters. The van der Waals surface area contributed by atoms with E-state index >= 15 is 0 Å². The van der Waals surface area contributed by atoms with Crippen LogP contribution in [-0.4, -0.2) is 77.7 Å². The number of nitrogens with zero attached hydrogens (tertiary/aromatic N) is 5. The third kappa shape index (κ3) is 4.04. The molecule has 1 aromatic heterocycles. The second-order valence-corrected chi connectivity index (χ2v) is 7.69. The van der Waals surface area contributed by atoms with E-state index in [1.807, 2.05) is 41.2 Å². The first-order chi connectivity index (χ1) is 14.1. The van der Waals surface area contributed by atoms with Gasteiger partial charge in [0.2, 0.25) is 11.8 Å². The van der Waals surface area contributed by atoms with E-state index < -0.39 is 6.04 Å². The highest BCUT2D eigenvalue weighted by molar-refractivity contribution is 5.96. The summed E-state index contributed by atoms with van der Waals surface area (Å²) in [6, 6.07) is 7.72. The van der Waals surface area contributed by atoms with Gasteiger partial charge in [-0.2, -0.15) is 5.10 Å². The van der Waals surface area contributed by atoms with Crippen molar-refractivity contribution >= 4 is 17.5 Å². The van der Waals surface area contributed by atoms with Crippen molar-refractivity contribution in [3.05, 3.63) is 47.8 Å². The van der Waals surface area contributed by atoms with E-state index in [1.54, 1.807) is 17.9 Å². The molecule has 2 aromatic rings. The maximum Gasteiger partial charge on any atom is 0.244 e. The lowest BCUT2D eigenvalue weighted by atomic mass is 10.1. The van der Waals surface area contributed by atoms with Gasteiger partial charge >= 0.3 is 0 Å². The number of hydrogen-bond donors (Lipinski definition) is 1. The number of benzene rings is 1. The van der Waals surface area contributed by atoms with E-state index in [4.69, 9.17) is 0 Å². The topological polar surface area (TPSA) is 73.7 Å². The number of anilines is 1. The fraction of sp³-hybridized carbons (Fsp3) is 0.476. The van der Waals surface area contributed by atoms with Crippen LogP contribution >= 0.6 is 0 Å². The smallest absolute Gasteiger partial charge is 0.244 e. The lowest BCUT2D eigenvalue weighted by Crippen LogP contribution is -2.53. The Labute approximate surface area is 171 Å². The van der Waals surface area contributed by atoms with Crippen LogP contribution in [0.25, 0.3) is 0 Å². The summed E-state index contributed by atoms with van der Waals surface area (Å²) in [5.41, 5.74) is 3.15. The number of carbonyl (C=O) groups is 2. The highest BCUT2D eigenvalue weighted by Crippen LogP contribution is 2.27. The zero-order valence-electron chi connectivity index (χ0n) is 17.0. The molecule has 0 spiro atoms. The van der Waals surface area contributed by atoms with Crippen molar-refractivity contribution in [1.82, 2.24) is 24.9 Å². The Bertz CT molecular complexity index is 887. The van der Waals surface area contributed by atoms with Crippen LogP contribution in [0.2, 0.25) is 0 Å². The molecule has 1 atom stereocenters. The summed E-state index contributed by atoms with van der Waals surface area (Å²) in [7, 11) is 3.63. The van der Waals surface area contributed by atoms with Crippen molar-refractivity contribution in [3.8, 4) is 0 Å². The minimum Gasteiger partial charge on any atom is -0.338 e. The summed E-state index contributed by atoms with van der Waals surface area (Å²) in [5.74, 6) is 0.193. The molecule has 8 nitrogen and oxygen atoms in total. The fourth-order valence-electron chi connectivity index (χ4n) is 4.20. The number of aromatic nitrogens is 2. The van der Waals surface area contributed by atoms with Gasteiger partial charge in [-0.25, -0.2) is 0 Å². The summed E-state index contributed by atoms with van der Waals surface area (Å²) < 4.78 is 1.70. The maximum atomic E-state index is 12.9. The minimum absolute atomic E-state index is 0.0555. The molecular weight excluding hydrogens is 368 g/mol. The van der Waals surface area contributed by atoms with Gasteiger partial charge in [0.25, 0.3) is 0 Å². The van der Waals surface area contributed by atoms with E-state index in [0.717, 1.165) is 24.2 Å². The summed E-state index contributed by atoms with van der Waals surface area (Å²) in [6.45, 7) is 3.81. The van der Waals surface area contributed by atoms with Gasteiger partial charge in [-0.1, -0.05) is 18.2 Å². The molecule has 1 saturated heterocycles. The molecule has 3 heterocycles. The average molecular weight is 396 g/mol. The quantitative estimate of drug-likeness (QED) is 0.793. The van der Waals surface area contributed by atoms with E-state index in [2.05, 4.69) is 21.4 Å². The van der Waals surface area contributed by atoms with Crippen LogP contribution in [0.5, 0.6) is 0 Å². The second-order valence-electron chi connectivity index (χ2n) is 7.69. The molecule has 2 amide bonds. The average Bonchev–Trinajstić information content (AvgIpc) is 3.35. The molecule has 2 aliphatic heterocycles.